The molecule has 1 saturated heterocycles. The third-order valence-corrected chi connectivity index (χ3v) is 5.26. The topological polar surface area (TPSA) is 37.3 Å². The number of halogens is 1. The molecule has 1 aromatic carbocycles. The van der Waals surface area contributed by atoms with Crippen molar-refractivity contribution in [3.8, 4) is 5.69 Å². The molecule has 25 heavy (non-hydrogen) atoms. The zero-order valence-corrected chi connectivity index (χ0v) is 15.9. The lowest BCUT2D eigenvalue weighted by Crippen LogP contribution is -2.42. The van der Waals surface area contributed by atoms with Crippen LogP contribution in [0.1, 0.15) is 34.6 Å². The first-order valence-electron chi connectivity index (χ1n) is 8.90. The van der Waals surface area contributed by atoms with Crippen LogP contribution in [-0.4, -0.2) is 42.1 Å². The van der Waals surface area contributed by atoms with Gasteiger partial charge in [-0.2, -0.15) is 0 Å². The predicted molar refractivity (Wildman–Crippen MR) is 103 cm³/mol. The molecule has 0 aliphatic carbocycles. The van der Waals surface area contributed by atoms with Gasteiger partial charge in [-0.1, -0.05) is 17.7 Å². The van der Waals surface area contributed by atoms with Crippen LogP contribution >= 0.6 is 11.6 Å². The molecule has 0 radical (unpaired) electrons. The summed E-state index contributed by atoms with van der Waals surface area (Å²) in [6.45, 7) is 6.69. The minimum atomic E-state index is 0.141. The zero-order valence-electron chi connectivity index (χ0n) is 15.2. The summed E-state index contributed by atoms with van der Waals surface area (Å²) in [6, 6.07) is 9.75. The fourth-order valence-corrected chi connectivity index (χ4v) is 4.05. The van der Waals surface area contributed by atoms with E-state index in [-0.39, 0.29) is 5.91 Å². The summed E-state index contributed by atoms with van der Waals surface area (Å²) < 4.78 is 2.11. The van der Waals surface area contributed by atoms with Gasteiger partial charge in [-0.25, -0.2) is 0 Å². The number of carbonyl (C=O) groups is 1. The molecule has 0 bridgehead atoms. The van der Waals surface area contributed by atoms with Crippen molar-refractivity contribution in [3.63, 3.8) is 0 Å². The number of nitrogens with one attached hydrogen (secondary N) is 1. The van der Waals surface area contributed by atoms with Crippen LogP contribution in [-0.2, 0) is 0 Å². The molecule has 5 heteroatoms. The van der Waals surface area contributed by atoms with Gasteiger partial charge in [-0.3, -0.25) is 4.79 Å². The highest BCUT2D eigenvalue weighted by molar-refractivity contribution is 6.30. The minimum Gasteiger partial charge on any atom is -0.338 e. The van der Waals surface area contributed by atoms with Gasteiger partial charge in [0.15, 0.2) is 0 Å². The summed E-state index contributed by atoms with van der Waals surface area (Å²) in [5.74, 6) is 0.682. The molecule has 1 unspecified atom stereocenters. The highest BCUT2D eigenvalue weighted by Gasteiger charge is 2.26. The van der Waals surface area contributed by atoms with E-state index in [1.54, 1.807) is 0 Å². The molecule has 1 aromatic heterocycles. The first kappa shape index (κ1) is 18.0. The molecule has 2 aromatic rings. The third-order valence-electron chi connectivity index (χ3n) is 5.03. The number of amides is 1. The molecule has 1 N–H and O–H groups in total. The van der Waals surface area contributed by atoms with Crippen LogP contribution in [0.5, 0.6) is 0 Å². The highest BCUT2D eigenvalue weighted by atomic mass is 35.5. The van der Waals surface area contributed by atoms with Crippen molar-refractivity contribution >= 4 is 17.5 Å². The van der Waals surface area contributed by atoms with Crippen molar-refractivity contribution in [1.29, 1.82) is 0 Å². The van der Waals surface area contributed by atoms with Crippen molar-refractivity contribution in [2.45, 2.75) is 26.7 Å². The molecule has 4 nitrogen and oxygen atoms in total. The maximum absolute atomic E-state index is 13.1. The van der Waals surface area contributed by atoms with Crippen molar-refractivity contribution in [1.82, 2.24) is 14.8 Å². The van der Waals surface area contributed by atoms with Gasteiger partial charge < -0.3 is 14.8 Å². The Balaban J connectivity index is 1.88. The Morgan fingerprint density at radius 3 is 2.84 bits per heavy atom. The number of rotatable bonds is 4. The molecule has 1 atom stereocenters. The zero-order chi connectivity index (χ0) is 18.0. The van der Waals surface area contributed by atoms with Crippen molar-refractivity contribution < 1.29 is 4.79 Å². The molecule has 2 heterocycles. The second kappa shape index (κ2) is 7.63. The number of hydrogen-bond donors (Lipinski definition) is 1. The molecule has 3 rings (SSSR count). The van der Waals surface area contributed by atoms with E-state index in [4.69, 9.17) is 11.6 Å². The predicted octanol–water partition coefficient (Wildman–Crippen LogP) is 3.82. The second-order valence-corrected chi connectivity index (χ2v) is 7.35. The summed E-state index contributed by atoms with van der Waals surface area (Å²) >= 11 is 6.14. The summed E-state index contributed by atoms with van der Waals surface area (Å²) in [7, 11) is 1.97. The number of likely N-dealkylation sites (tertiary alicyclic amines) is 1. The largest absolute Gasteiger partial charge is 0.338 e. The summed E-state index contributed by atoms with van der Waals surface area (Å²) in [6.07, 6.45) is 2.26. The Labute approximate surface area is 154 Å². The number of piperidine rings is 1. The van der Waals surface area contributed by atoms with E-state index >= 15 is 0 Å². The monoisotopic (exact) mass is 359 g/mol. The number of aryl methyl sites for hydroxylation is 1. The van der Waals surface area contributed by atoms with Gasteiger partial charge in [0.05, 0.1) is 5.56 Å². The van der Waals surface area contributed by atoms with E-state index in [0.717, 1.165) is 48.7 Å². The smallest absolute Gasteiger partial charge is 0.255 e. The lowest BCUT2D eigenvalue weighted by atomic mass is 9.97. The third kappa shape index (κ3) is 3.75. The van der Waals surface area contributed by atoms with Gasteiger partial charge in [-0.15, -0.1) is 0 Å². The number of hydrogen-bond acceptors (Lipinski definition) is 2. The summed E-state index contributed by atoms with van der Waals surface area (Å²) in [4.78, 5) is 15.1. The molecular weight excluding hydrogens is 334 g/mol. The lowest BCUT2D eigenvalue weighted by molar-refractivity contribution is 0.0673. The minimum absolute atomic E-state index is 0.141. The number of nitrogens with zero attached hydrogens (tertiary/aromatic N) is 2. The molecule has 1 aliphatic rings. The van der Waals surface area contributed by atoms with Gasteiger partial charge in [0, 0.05) is 35.2 Å². The van der Waals surface area contributed by atoms with Gasteiger partial charge >= 0.3 is 0 Å². The first-order chi connectivity index (χ1) is 12.0. The standard InChI is InChI=1S/C20H26ClN3O/c1-14-10-19(15(2)24(14)18-8-4-7-17(21)11-18)20(25)23-9-5-6-16(13-23)12-22-3/h4,7-8,10-11,16,22H,5-6,9,12-13H2,1-3H3. The Kier molecular flexibility index (Phi) is 5.50. The Bertz CT molecular complexity index is 766. The van der Waals surface area contributed by atoms with E-state index in [1.165, 1.54) is 6.42 Å². The van der Waals surface area contributed by atoms with Crippen LogP contribution < -0.4 is 5.32 Å². The second-order valence-electron chi connectivity index (χ2n) is 6.92. The average Bonchev–Trinajstić information content (AvgIpc) is 2.89. The molecule has 1 amide bonds. The van der Waals surface area contributed by atoms with Crippen LogP contribution in [0.15, 0.2) is 30.3 Å². The van der Waals surface area contributed by atoms with Crippen LogP contribution in [0, 0.1) is 19.8 Å². The number of aromatic nitrogens is 1. The lowest BCUT2D eigenvalue weighted by Gasteiger charge is -2.32. The van der Waals surface area contributed by atoms with Gasteiger partial charge in [0.25, 0.3) is 5.91 Å². The Morgan fingerprint density at radius 2 is 2.12 bits per heavy atom. The van der Waals surface area contributed by atoms with Gasteiger partial charge in [0.1, 0.15) is 0 Å². The molecule has 1 aliphatic heterocycles. The fraction of sp³-hybridized carbons (Fsp3) is 0.450. The molecule has 1 fully saturated rings. The number of benzene rings is 1. The maximum Gasteiger partial charge on any atom is 0.255 e. The molecular formula is C20H26ClN3O. The van der Waals surface area contributed by atoms with Crippen LogP contribution in [0.3, 0.4) is 0 Å². The average molecular weight is 360 g/mol. The molecule has 0 spiro atoms. The van der Waals surface area contributed by atoms with E-state index in [9.17, 15) is 4.79 Å². The van der Waals surface area contributed by atoms with Crippen molar-refractivity contribution in [3.05, 3.63) is 52.3 Å². The van der Waals surface area contributed by atoms with Crippen LogP contribution in [0.4, 0.5) is 0 Å². The summed E-state index contributed by atoms with van der Waals surface area (Å²) in [5.41, 5.74) is 3.81. The fourth-order valence-electron chi connectivity index (χ4n) is 3.87. The summed E-state index contributed by atoms with van der Waals surface area (Å²) in [5, 5.41) is 3.93. The number of carbonyl (C=O) groups excluding carboxylic acids is 1. The molecule has 0 saturated carbocycles. The SMILES string of the molecule is CNCC1CCCN(C(=O)c2cc(C)n(-c3cccc(Cl)c3)c2C)C1. The van der Waals surface area contributed by atoms with Crippen molar-refractivity contribution in [2.24, 2.45) is 5.92 Å². The Hall–Kier alpha value is -1.78. The highest BCUT2D eigenvalue weighted by Crippen LogP contribution is 2.25. The van der Waals surface area contributed by atoms with E-state index in [2.05, 4.69) is 9.88 Å². The normalized spacial score (nSPS) is 17.8. The van der Waals surface area contributed by atoms with Crippen LogP contribution in [0.2, 0.25) is 5.02 Å². The van der Waals surface area contributed by atoms with Gasteiger partial charge in [0.2, 0.25) is 0 Å². The van der Waals surface area contributed by atoms with E-state index in [0.29, 0.717) is 10.9 Å². The van der Waals surface area contributed by atoms with Crippen LogP contribution in [0.25, 0.3) is 5.69 Å². The quantitative estimate of drug-likeness (QED) is 0.901. The van der Waals surface area contributed by atoms with E-state index in [1.807, 2.05) is 56.1 Å². The Morgan fingerprint density at radius 1 is 1.32 bits per heavy atom. The van der Waals surface area contributed by atoms with Gasteiger partial charge in [-0.05, 0) is 70.5 Å². The molecule has 134 valence electrons. The first-order valence-corrected chi connectivity index (χ1v) is 9.27. The van der Waals surface area contributed by atoms with E-state index < -0.39 is 0 Å². The van der Waals surface area contributed by atoms with Crippen molar-refractivity contribution in [2.75, 3.05) is 26.7 Å². The maximum atomic E-state index is 13.1.